The van der Waals surface area contributed by atoms with Crippen LogP contribution in [-0.2, 0) is 0 Å². The van der Waals surface area contributed by atoms with Crippen molar-refractivity contribution in [3.8, 4) is 11.5 Å². The molecule has 0 spiro atoms. The summed E-state index contributed by atoms with van der Waals surface area (Å²) >= 11 is 0. The van der Waals surface area contributed by atoms with Gasteiger partial charge in [0.25, 0.3) is 5.91 Å². The smallest absolute Gasteiger partial charge is 0.255 e. The predicted molar refractivity (Wildman–Crippen MR) is 145 cm³/mol. The summed E-state index contributed by atoms with van der Waals surface area (Å²) in [6.07, 6.45) is 1.84. The fraction of sp³-hybridized carbons (Fsp3) is 0.241. The molecule has 1 aliphatic heterocycles. The Labute approximate surface area is 211 Å². The Morgan fingerprint density at radius 1 is 0.861 bits per heavy atom. The van der Waals surface area contributed by atoms with Crippen LogP contribution in [-0.4, -0.2) is 51.3 Å². The number of hydrogen-bond acceptors (Lipinski definition) is 6. The third-order valence-corrected chi connectivity index (χ3v) is 6.63. The molecule has 0 aliphatic carbocycles. The van der Waals surface area contributed by atoms with Gasteiger partial charge in [0.1, 0.15) is 17.3 Å². The minimum absolute atomic E-state index is 0.181. The Morgan fingerprint density at radius 2 is 1.61 bits per heavy atom. The van der Waals surface area contributed by atoms with Crippen LogP contribution in [0.2, 0.25) is 0 Å². The van der Waals surface area contributed by atoms with E-state index in [1.807, 2.05) is 67.7 Å². The third kappa shape index (κ3) is 4.77. The lowest BCUT2D eigenvalue weighted by molar-refractivity contribution is 0.102. The van der Waals surface area contributed by atoms with Crippen LogP contribution in [0.3, 0.4) is 0 Å². The van der Waals surface area contributed by atoms with Crippen molar-refractivity contribution in [1.82, 2.24) is 4.98 Å². The second kappa shape index (κ2) is 10.2. The molecule has 1 amide bonds. The predicted octanol–water partition coefficient (Wildman–Crippen LogP) is 5.14. The van der Waals surface area contributed by atoms with Gasteiger partial charge in [0.05, 0.1) is 19.9 Å². The Kier molecular flexibility index (Phi) is 6.62. The van der Waals surface area contributed by atoms with Gasteiger partial charge in [0.15, 0.2) is 0 Å². The molecule has 0 saturated carbocycles. The number of aryl methyl sites for hydroxylation is 1. The number of ether oxygens (including phenoxy) is 2. The fourth-order valence-corrected chi connectivity index (χ4v) is 4.63. The summed E-state index contributed by atoms with van der Waals surface area (Å²) < 4.78 is 10.7. The van der Waals surface area contributed by atoms with Crippen LogP contribution in [0.15, 0.2) is 72.9 Å². The van der Waals surface area contributed by atoms with Crippen molar-refractivity contribution in [2.75, 3.05) is 55.5 Å². The van der Waals surface area contributed by atoms with Crippen molar-refractivity contribution in [3.05, 3.63) is 84.1 Å². The van der Waals surface area contributed by atoms with Crippen LogP contribution in [0, 0.1) is 6.92 Å². The van der Waals surface area contributed by atoms with Crippen LogP contribution in [0.5, 0.6) is 11.5 Å². The molecule has 0 unspecified atom stereocenters. The van der Waals surface area contributed by atoms with Crippen molar-refractivity contribution in [1.29, 1.82) is 0 Å². The number of carbonyl (C=O) groups is 1. The van der Waals surface area contributed by atoms with E-state index in [4.69, 9.17) is 14.5 Å². The number of nitrogens with one attached hydrogen (secondary N) is 1. The van der Waals surface area contributed by atoms with Crippen LogP contribution in [0.4, 0.5) is 17.2 Å². The Bertz CT molecular complexity index is 1380. The summed E-state index contributed by atoms with van der Waals surface area (Å²) in [4.78, 5) is 22.5. The first-order valence-electron chi connectivity index (χ1n) is 12.0. The lowest BCUT2D eigenvalue weighted by atomic mass is 10.1. The molecule has 1 fully saturated rings. The number of methoxy groups -OCH3 is 2. The Morgan fingerprint density at radius 3 is 2.33 bits per heavy atom. The van der Waals surface area contributed by atoms with Gasteiger partial charge in [0.2, 0.25) is 0 Å². The Hall–Kier alpha value is -4.26. The lowest BCUT2D eigenvalue weighted by Gasteiger charge is -2.37. The van der Waals surface area contributed by atoms with Gasteiger partial charge in [-0.05, 0) is 72.5 Å². The molecule has 0 atom stereocenters. The number of nitrogens with zero attached hydrogens (tertiary/aromatic N) is 3. The van der Waals surface area contributed by atoms with Crippen LogP contribution in [0.1, 0.15) is 15.9 Å². The maximum atomic E-state index is 13.2. The zero-order chi connectivity index (χ0) is 25.1. The van der Waals surface area contributed by atoms with Crippen LogP contribution >= 0.6 is 0 Å². The van der Waals surface area contributed by atoms with E-state index in [0.717, 1.165) is 54.1 Å². The van der Waals surface area contributed by atoms with Gasteiger partial charge in [0, 0.05) is 49.0 Å². The molecular formula is C29H30N4O3. The van der Waals surface area contributed by atoms with Gasteiger partial charge in [-0.15, -0.1) is 0 Å². The van der Waals surface area contributed by atoms with Crippen LogP contribution < -0.4 is 24.6 Å². The van der Waals surface area contributed by atoms with Crippen molar-refractivity contribution in [3.63, 3.8) is 0 Å². The number of aromatic nitrogens is 1. The number of hydrogen-bond donors (Lipinski definition) is 1. The van der Waals surface area contributed by atoms with Gasteiger partial charge in [-0.25, -0.2) is 4.98 Å². The minimum Gasteiger partial charge on any atom is -0.497 e. The average molecular weight is 483 g/mol. The molecule has 4 aromatic rings. The summed E-state index contributed by atoms with van der Waals surface area (Å²) in [6.45, 7) is 5.44. The quantitative estimate of drug-likeness (QED) is 0.411. The van der Waals surface area contributed by atoms with Gasteiger partial charge in [-0.1, -0.05) is 12.1 Å². The molecular weight excluding hydrogens is 452 g/mol. The van der Waals surface area contributed by atoms with E-state index in [2.05, 4.69) is 27.2 Å². The summed E-state index contributed by atoms with van der Waals surface area (Å²) in [6, 6.07) is 21.7. The Balaban J connectivity index is 1.36. The summed E-state index contributed by atoms with van der Waals surface area (Å²) in [5.41, 5.74) is 3.47. The maximum Gasteiger partial charge on any atom is 0.255 e. The number of pyridine rings is 1. The number of amides is 1. The van der Waals surface area contributed by atoms with Crippen molar-refractivity contribution in [2.45, 2.75) is 6.92 Å². The number of rotatable bonds is 6. The number of carbonyl (C=O) groups excluding carboxylic acids is 1. The number of anilines is 3. The third-order valence-electron chi connectivity index (χ3n) is 6.63. The number of piperazine rings is 1. The molecule has 7 heteroatoms. The largest absolute Gasteiger partial charge is 0.497 e. The highest BCUT2D eigenvalue weighted by atomic mass is 16.5. The zero-order valence-electron chi connectivity index (χ0n) is 20.8. The molecule has 1 aliphatic rings. The van der Waals surface area contributed by atoms with E-state index >= 15 is 0 Å². The summed E-state index contributed by atoms with van der Waals surface area (Å²) in [5, 5.41) is 5.03. The van der Waals surface area contributed by atoms with Gasteiger partial charge >= 0.3 is 0 Å². The average Bonchev–Trinajstić information content (AvgIpc) is 2.92. The normalized spacial score (nSPS) is 13.5. The molecule has 7 nitrogen and oxygen atoms in total. The first kappa shape index (κ1) is 23.5. The fourth-order valence-electron chi connectivity index (χ4n) is 4.63. The minimum atomic E-state index is -0.181. The number of fused-ring (bicyclic) bond motifs is 1. The van der Waals surface area contributed by atoms with E-state index in [-0.39, 0.29) is 5.91 Å². The first-order valence-corrected chi connectivity index (χ1v) is 12.0. The monoisotopic (exact) mass is 482 g/mol. The van der Waals surface area contributed by atoms with Gasteiger partial charge in [-0.3, -0.25) is 4.79 Å². The summed E-state index contributed by atoms with van der Waals surface area (Å²) in [5.74, 6) is 2.22. The zero-order valence-corrected chi connectivity index (χ0v) is 20.8. The highest BCUT2D eigenvalue weighted by Gasteiger charge is 2.21. The van der Waals surface area contributed by atoms with Crippen molar-refractivity contribution in [2.24, 2.45) is 0 Å². The molecule has 0 bridgehead atoms. The SMILES string of the molecule is COc1ccc(N2CCN(c3nccc4ccc(C(=O)Nc5cc(C)ccc5OC)cc34)CC2)cc1. The van der Waals surface area contributed by atoms with Crippen LogP contribution in [0.25, 0.3) is 10.8 Å². The topological polar surface area (TPSA) is 66.9 Å². The molecule has 1 saturated heterocycles. The van der Waals surface area contributed by atoms with E-state index in [1.54, 1.807) is 14.2 Å². The number of benzene rings is 3. The molecule has 0 radical (unpaired) electrons. The molecule has 3 aromatic carbocycles. The molecule has 1 aromatic heterocycles. The summed E-state index contributed by atoms with van der Waals surface area (Å²) in [7, 11) is 3.28. The lowest BCUT2D eigenvalue weighted by Crippen LogP contribution is -2.46. The van der Waals surface area contributed by atoms with E-state index in [0.29, 0.717) is 17.0 Å². The van der Waals surface area contributed by atoms with Crippen molar-refractivity contribution >= 4 is 33.9 Å². The molecule has 36 heavy (non-hydrogen) atoms. The second-order valence-electron chi connectivity index (χ2n) is 8.90. The van der Waals surface area contributed by atoms with Gasteiger partial charge in [-0.2, -0.15) is 0 Å². The highest BCUT2D eigenvalue weighted by molar-refractivity contribution is 6.08. The van der Waals surface area contributed by atoms with Crippen molar-refractivity contribution < 1.29 is 14.3 Å². The standard InChI is InChI=1S/C29H30N4O3/c1-20-4-11-27(36-3)26(18-20)31-29(34)22-6-5-21-12-13-30-28(25(21)19-22)33-16-14-32(15-17-33)23-7-9-24(35-2)10-8-23/h4-13,18-19H,14-17H2,1-3H3,(H,31,34). The second-order valence-corrected chi connectivity index (χ2v) is 8.90. The van der Waals surface area contributed by atoms with Gasteiger partial charge < -0.3 is 24.6 Å². The molecule has 2 heterocycles. The molecule has 184 valence electrons. The maximum absolute atomic E-state index is 13.2. The van der Waals surface area contributed by atoms with E-state index in [1.165, 1.54) is 5.69 Å². The molecule has 5 rings (SSSR count). The first-order chi connectivity index (χ1) is 17.6. The molecule has 1 N–H and O–H groups in total. The van der Waals surface area contributed by atoms with E-state index in [9.17, 15) is 4.79 Å². The van der Waals surface area contributed by atoms with E-state index < -0.39 is 0 Å². The highest BCUT2D eigenvalue weighted by Crippen LogP contribution is 2.29.